The second-order valence-corrected chi connectivity index (χ2v) is 7.40. The first kappa shape index (κ1) is 20.3. The molecule has 3 aromatic carbocycles. The number of hydrogen-bond donors (Lipinski definition) is 1. The van der Waals surface area contributed by atoms with Gasteiger partial charge in [-0.05, 0) is 35.9 Å². The molecule has 0 fully saturated rings. The van der Waals surface area contributed by atoms with Crippen LogP contribution >= 0.6 is 11.3 Å². The van der Waals surface area contributed by atoms with Crippen molar-refractivity contribution in [3.8, 4) is 34.2 Å². The van der Waals surface area contributed by atoms with Crippen LogP contribution in [0.5, 0.6) is 5.75 Å². The number of hydrogen-bond acceptors (Lipinski definition) is 5. The van der Waals surface area contributed by atoms with Crippen molar-refractivity contribution in [1.82, 2.24) is 4.98 Å². The Morgan fingerprint density at radius 2 is 1.81 bits per heavy atom. The number of halogens is 1. The zero-order valence-electron chi connectivity index (χ0n) is 16.4. The van der Waals surface area contributed by atoms with Gasteiger partial charge in [0.25, 0.3) is 5.91 Å². The summed E-state index contributed by atoms with van der Waals surface area (Å²) in [5.41, 5.74) is 3.24. The van der Waals surface area contributed by atoms with E-state index in [9.17, 15) is 14.4 Å². The molecule has 0 saturated carbocycles. The molecule has 1 amide bonds. The van der Waals surface area contributed by atoms with Gasteiger partial charge in [0, 0.05) is 22.1 Å². The van der Waals surface area contributed by atoms with E-state index in [2.05, 4.69) is 16.4 Å². The molecular weight excluding hydrogens is 413 g/mol. The Bertz CT molecular complexity index is 1310. The van der Waals surface area contributed by atoms with Crippen LogP contribution in [0, 0.1) is 17.1 Å². The number of anilines is 1. The Hall–Kier alpha value is -4.02. The van der Waals surface area contributed by atoms with Gasteiger partial charge >= 0.3 is 0 Å². The summed E-state index contributed by atoms with van der Waals surface area (Å²) in [5.74, 6) is -0.266. The molecule has 0 unspecified atom stereocenters. The lowest BCUT2D eigenvalue weighted by Crippen LogP contribution is -2.13. The van der Waals surface area contributed by atoms with Crippen molar-refractivity contribution in [3.63, 3.8) is 0 Å². The number of nitriles is 1. The topological polar surface area (TPSA) is 75.0 Å². The van der Waals surface area contributed by atoms with Crippen LogP contribution in [-0.4, -0.2) is 18.0 Å². The standard InChI is InChI=1S/C24H16FN3O2S/c1-30-22-11-10-16(25)12-20(22)21-14-31-24(27-21)28-23(29)19-9-5-4-8-18(19)17-7-3-2-6-15(17)13-26/h2-12,14H,1H3,(H,27,28,29). The Kier molecular flexibility index (Phi) is 5.74. The molecule has 0 atom stereocenters. The number of benzene rings is 3. The average molecular weight is 429 g/mol. The maximum Gasteiger partial charge on any atom is 0.258 e. The van der Waals surface area contributed by atoms with E-state index in [0.717, 1.165) is 0 Å². The molecule has 4 rings (SSSR count). The van der Waals surface area contributed by atoms with Gasteiger partial charge in [-0.3, -0.25) is 10.1 Å². The summed E-state index contributed by atoms with van der Waals surface area (Å²) in [6.45, 7) is 0. The molecular formula is C24H16FN3O2S. The molecule has 1 heterocycles. The zero-order valence-corrected chi connectivity index (χ0v) is 17.2. The summed E-state index contributed by atoms with van der Waals surface area (Å²) in [6.07, 6.45) is 0. The van der Waals surface area contributed by atoms with Crippen LogP contribution in [0.2, 0.25) is 0 Å². The molecule has 0 aliphatic rings. The van der Waals surface area contributed by atoms with E-state index in [1.807, 2.05) is 18.2 Å². The number of amides is 1. The highest BCUT2D eigenvalue weighted by molar-refractivity contribution is 7.14. The SMILES string of the molecule is COc1ccc(F)cc1-c1csc(NC(=O)c2ccccc2-c2ccccc2C#N)n1. The summed E-state index contributed by atoms with van der Waals surface area (Å²) < 4.78 is 19.0. The normalized spacial score (nSPS) is 10.4. The number of thiazole rings is 1. The van der Waals surface area contributed by atoms with E-state index >= 15 is 0 Å². The summed E-state index contributed by atoms with van der Waals surface area (Å²) in [7, 11) is 1.50. The Morgan fingerprint density at radius 3 is 2.58 bits per heavy atom. The average Bonchev–Trinajstić information content (AvgIpc) is 3.27. The van der Waals surface area contributed by atoms with E-state index in [0.29, 0.717) is 44.4 Å². The summed E-state index contributed by atoms with van der Waals surface area (Å²) in [5, 5.41) is 14.3. The van der Waals surface area contributed by atoms with Gasteiger partial charge in [0.1, 0.15) is 11.6 Å². The highest BCUT2D eigenvalue weighted by Crippen LogP contribution is 2.33. The van der Waals surface area contributed by atoms with Gasteiger partial charge in [0.2, 0.25) is 0 Å². The van der Waals surface area contributed by atoms with E-state index in [1.165, 1.54) is 36.6 Å². The first-order valence-electron chi connectivity index (χ1n) is 9.30. The molecule has 0 radical (unpaired) electrons. The van der Waals surface area contributed by atoms with Crippen LogP contribution in [0.4, 0.5) is 9.52 Å². The van der Waals surface area contributed by atoms with E-state index in [1.54, 1.807) is 35.7 Å². The van der Waals surface area contributed by atoms with Crippen molar-refractivity contribution in [3.05, 3.63) is 89.1 Å². The number of rotatable bonds is 5. The molecule has 4 aromatic rings. The lowest BCUT2D eigenvalue weighted by Gasteiger charge is -2.10. The number of carbonyl (C=O) groups excluding carboxylic acids is 1. The van der Waals surface area contributed by atoms with Crippen molar-refractivity contribution in [2.24, 2.45) is 0 Å². The monoisotopic (exact) mass is 429 g/mol. The highest BCUT2D eigenvalue weighted by atomic mass is 32.1. The lowest BCUT2D eigenvalue weighted by atomic mass is 9.95. The second-order valence-electron chi connectivity index (χ2n) is 6.54. The number of methoxy groups -OCH3 is 1. The lowest BCUT2D eigenvalue weighted by molar-refractivity contribution is 0.102. The van der Waals surface area contributed by atoms with Crippen LogP contribution in [0.1, 0.15) is 15.9 Å². The molecule has 0 aliphatic heterocycles. The predicted molar refractivity (Wildman–Crippen MR) is 119 cm³/mol. The minimum Gasteiger partial charge on any atom is -0.496 e. The summed E-state index contributed by atoms with van der Waals surface area (Å²) >= 11 is 1.23. The number of nitrogens with one attached hydrogen (secondary N) is 1. The van der Waals surface area contributed by atoms with Crippen LogP contribution in [0.3, 0.4) is 0 Å². The molecule has 5 nitrogen and oxygen atoms in total. The quantitative estimate of drug-likeness (QED) is 0.438. The predicted octanol–water partition coefficient (Wildman–Crippen LogP) is 5.75. The minimum absolute atomic E-state index is 0.351. The minimum atomic E-state index is -0.403. The van der Waals surface area contributed by atoms with Crippen molar-refractivity contribution >= 4 is 22.4 Å². The molecule has 0 spiro atoms. The van der Waals surface area contributed by atoms with Gasteiger partial charge in [0.05, 0.1) is 24.4 Å². The Labute approximate surface area is 182 Å². The first-order chi connectivity index (χ1) is 15.1. The number of carbonyl (C=O) groups is 1. The molecule has 152 valence electrons. The van der Waals surface area contributed by atoms with Crippen LogP contribution in [-0.2, 0) is 0 Å². The molecule has 1 aromatic heterocycles. The van der Waals surface area contributed by atoms with Crippen LogP contribution in [0.15, 0.2) is 72.1 Å². The molecule has 1 N–H and O–H groups in total. The van der Waals surface area contributed by atoms with Crippen LogP contribution < -0.4 is 10.1 Å². The van der Waals surface area contributed by atoms with E-state index in [-0.39, 0.29) is 5.91 Å². The van der Waals surface area contributed by atoms with Crippen molar-refractivity contribution < 1.29 is 13.9 Å². The zero-order chi connectivity index (χ0) is 21.8. The van der Waals surface area contributed by atoms with Gasteiger partial charge in [0.15, 0.2) is 5.13 Å². The van der Waals surface area contributed by atoms with Crippen molar-refractivity contribution in [1.29, 1.82) is 5.26 Å². The van der Waals surface area contributed by atoms with Gasteiger partial charge in [-0.15, -0.1) is 11.3 Å². The molecule has 0 aliphatic carbocycles. The largest absolute Gasteiger partial charge is 0.496 e. The maximum atomic E-state index is 13.7. The Morgan fingerprint density at radius 1 is 1.06 bits per heavy atom. The van der Waals surface area contributed by atoms with E-state index < -0.39 is 5.82 Å². The second kappa shape index (κ2) is 8.78. The summed E-state index contributed by atoms with van der Waals surface area (Å²) in [4.78, 5) is 17.4. The third-order valence-electron chi connectivity index (χ3n) is 4.67. The third-order valence-corrected chi connectivity index (χ3v) is 5.43. The fraction of sp³-hybridized carbons (Fsp3) is 0.0417. The van der Waals surface area contributed by atoms with Gasteiger partial charge < -0.3 is 4.74 Å². The first-order valence-corrected chi connectivity index (χ1v) is 10.2. The molecule has 0 bridgehead atoms. The van der Waals surface area contributed by atoms with Crippen molar-refractivity contribution in [2.45, 2.75) is 0 Å². The van der Waals surface area contributed by atoms with Gasteiger partial charge in [-0.1, -0.05) is 36.4 Å². The number of aromatic nitrogens is 1. The molecule has 31 heavy (non-hydrogen) atoms. The number of ether oxygens (including phenoxy) is 1. The smallest absolute Gasteiger partial charge is 0.258 e. The fourth-order valence-corrected chi connectivity index (χ4v) is 3.94. The molecule has 0 saturated heterocycles. The van der Waals surface area contributed by atoms with E-state index in [4.69, 9.17) is 4.74 Å². The highest BCUT2D eigenvalue weighted by Gasteiger charge is 2.17. The fourth-order valence-electron chi connectivity index (χ4n) is 3.23. The van der Waals surface area contributed by atoms with Crippen molar-refractivity contribution in [2.75, 3.05) is 12.4 Å². The maximum absolute atomic E-state index is 13.7. The third kappa shape index (κ3) is 4.15. The van der Waals surface area contributed by atoms with Gasteiger partial charge in [-0.2, -0.15) is 5.26 Å². The van der Waals surface area contributed by atoms with Crippen LogP contribution in [0.25, 0.3) is 22.4 Å². The number of nitrogens with zero attached hydrogens (tertiary/aromatic N) is 2. The van der Waals surface area contributed by atoms with Gasteiger partial charge in [-0.25, -0.2) is 9.37 Å². The summed E-state index contributed by atoms with van der Waals surface area (Å²) in [6, 6.07) is 20.6. The Balaban J connectivity index is 1.64. The molecule has 7 heteroatoms.